The molecule has 0 spiro atoms. The third-order valence-corrected chi connectivity index (χ3v) is 3.78. The number of benzene rings is 1. The molecule has 3 nitrogen and oxygen atoms in total. The van der Waals surface area contributed by atoms with E-state index < -0.39 is 0 Å². The Hall–Kier alpha value is -1.84. The van der Waals surface area contributed by atoms with Crippen LogP contribution in [0.5, 0.6) is 0 Å². The van der Waals surface area contributed by atoms with Gasteiger partial charge in [0.15, 0.2) is 0 Å². The quantitative estimate of drug-likeness (QED) is 0.917. The third kappa shape index (κ3) is 2.11. The van der Waals surface area contributed by atoms with Gasteiger partial charge in [-0.05, 0) is 36.5 Å². The average Bonchev–Trinajstić information content (AvgIpc) is 2.95. The largest absolute Gasteiger partial charge is 0.375 e. The molecule has 0 radical (unpaired) electrons. The Bertz CT molecular complexity index is 603. The Labute approximate surface area is 112 Å². The number of fused-ring (bicyclic) bond motifs is 1. The third-order valence-electron chi connectivity index (χ3n) is 3.78. The predicted octanol–water partition coefficient (Wildman–Crippen LogP) is 3.22. The Balaban J connectivity index is 1.88. The standard InChI is InChI=1S/C15H18FN3/c1-3-13-15(9-19(2)18-13)17-14-8-7-10-11(14)5-4-6-12(10)16/h4-6,9,14,17H,3,7-8H2,1-2H3. The van der Waals surface area contributed by atoms with Crippen molar-refractivity contribution in [2.75, 3.05) is 5.32 Å². The summed E-state index contributed by atoms with van der Waals surface area (Å²) in [5, 5.41) is 7.94. The van der Waals surface area contributed by atoms with Crippen LogP contribution >= 0.6 is 0 Å². The number of halogens is 1. The lowest BCUT2D eigenvalue weighted by Gasteiger charge is -2.15. The molecule has 1 N–H and O–H groups in total. The lowest BCUT2D eigenvalue weighted by molar-refractivity contribution is 0.612. The van der Waals surface area contributed by atoms with Crippen LogP contribution in [-0.4, -0.2) is 9.78 Å². The van der Waals surface area contributed by atoms with E-state index in [4.69, 9.17) is 0 Å². The number of nitrogens with one attached hydrogen (secondary N) is 1. The molecule has 1 aromatic carbocycles. The van der Waals surface area contributed by atoms with Gasteiger partial charge in [-0.1, -0.05) is 19.1 Å². The summed E-state index contributed by atoms with van der Waals surface area (Å²) in [6.45, 7) is 2.09. The molecule has 19 heavy (non-hydrogen) atoms. The maximum atomic E-state index is 13.7. The Kier molecular flexibility index (Phi) is 3.01. The number of nitrogens with zero attached hydrogens (tertiary/aromatic N) is 2. The van der Waals surface area contributed by atoms with Crippen LogP contribution < -0.4 is 5.32 Å². The number of aryl methyl sites for hydroxylation is 2. The van der Waals surface area contributed by atoms with Gasteiger partial charge in [-0.25, -0.2) is 4.39 Å². The highest BCUT2D eigenvalue weighted by molar-refractivity contribution is 5.50. The predicted molar refractivity (Wildman–Crippen MR) is 73.7 cm³/mol. The summed E-state index contributed by atoms with van der Waals surface area (Å²) in [5.74, 6) is -0.0799. The van der Waals surface area contributed by atoms with Gasteiger partial charge in [-0.3, -0.25) is 4.68 Å². The SMILES string of the molecule is CCc1nn(C)cc1NC1CCc2c(F)cccc21. The highest BCUT2D eigenvalue weighted by atomic mass is 19.1. The molecule has 1 aromatic heterocycles. The topological polar surface area (TPSA) is 29.9 Å². The molecule has 1 unspecified atom stereocenters. The first-order valence-corrected chi connectivity index (χ1v) is 6.75. The lowest BCUT2D eigenvalue weighted by Crippen LogP contribution is -2.08. The Morgan fingerprint density at radius 2 is 2.32 bits per heavy atom. The van der Waals surface area contributed by atoms with Crippen LogP contribution in [0.4, 0.5) is 10.1 Å². The summed E-state index contributed by atoms with van der Waals surface area (Å²) in [6.07, 6.45) is 4.64. The van der Waals surface area contributed by atoms with Crippen LogP contribution in [0.3, 0.4) is 0 Å². The van der Waals surface area contributed by atoms with Crippen LogP contribution in [0, 0.1) is 5.82 Å². The molecule has 1 heterocycles. The highest BCUT2D eigenvalue weighted by Crippen LogP contribution is 2.35. The van der Waals surface area contributed by atoms with Gasteiger partial charge in [0.2, 0.25) is 0 Å². The number of aromatic nitrogens is 2. The van der Waals surface area contributed by atoms with Crippen LogP contribution in [0.15, 0.2) is 24.4 Å². The zero-order valence-corrected chi connectivity index (χ0v) is 11.3. The van der Waals surface area contributed by atoms with Gasteiger partial charge in [0.1, 0.15) is 5.82 Å². The Morgan fingerprint density at radius 1 is 1.47 bits per heavy atom. The molecular weight excluding hydrogens is 241 g/mol. The van der Waals surface area contributed by atoms with Crippen molar-refractivity contribution < 1.29 is 4.39 Å². The fourth-order valence-electron chi connectivity index (χ4n) is 2.86. The maximum absolute atomic E-state index is 13.7. The number of hydrogen-bond donors (Lipinski definition) is 1. The summed E-state index contributed by atoms with van der Waals surface area (Å²) < 4.78 is 15.5. The zero-order chi connectivity index (χ0) is 13.4. The van der Waals surface area contributed by atoms with Crippen molar-refractivity contribution in [2.24, 2.45) is 7.05 Å². The molecule has 100 valence electrons. The van der Waals surface area contributed by atoms with Crippen molar-refractivity contribution in [1.82, 2.24) is 9.78 Å². The molecular formula is C15H18FN3. The van der Waals surface area contributed by atoms with Crippen molar-refractivity contribution in [2.45, 2.75) is 32.2 Å². The molecule has 0 aliphatic heterocycles. The average molecular weight is 259 g/mol. The minimum absolute atomic E-state index is 0.0799. The second-order valence-electron chi connectivity index (χ2n) is 5.06. The van der Waals surface area contributed by atoms with Gasteiger partial charge >= 0.3 is 0 Å². The van der Waals surface area contributed by atoms with Crippen LogP contribution in [0.25, 0.3) is 0 Å². The highest BCUT2D eigenvalue weighted by Gasteiger charge is 2.25. The molecule has 0 bridgehead atoms. The Morgan fingerprint density at radius 3 is 3.11 bits per heavy atom. The summed E-state index contributed by atoms with van der Waals surface area (Å²) in [6, 6.07) is 5.55. The van der Waals surface area contributed by atoms with Gasteiger partial charge in [-0.2, -0.15) is 5.10 Å². The van der Waals surface area contributed by atoms with E-state index in [0.29, 0.717) is 0 Å². The zero-order valence-electron chi connectivity index (χ0n) is 11.3. The first-order valence-electron chi connectivity index (χ1n) is 6.75. The van der Waals surface area contributed by atoms with Crippen molar-refractivity contribution >= 4 is 5.69 Å². The second-order valence-corrected chi connectivity index (χ2v) is 5.06. The molecule has 1 atom stereocenters. The van der Waals surface area contributed by atoms with Crippen molar-refractivity contribution in [3.05, 3.63) is 47.0 Å². The van der Waals surface area contributed by atoms with E-state index in [-0.39, 0.29) is 11.9 Å². The number of anilines is 1. The van der Waals surface area contributed by atoms with Gasteiger partial charge in [0.05, 0.1) is 17.4 Å². The normalized spacial score (nSPS) is 17.5. The van der Waals surface area contributed by atoms with Gasteiger partial charge in [0, 0.05) is 13.2 Å². The first kappa shape index (κ1) is 12.2. The van der Waals surface area contributed by atoms with Crippen molar-refractivity contribution in [1.29, 1.82) is 0 Å². The summed E-state index contributed by atoms with van der Waals surface area (Å²) >= 11 is 0. The van der Waals surface area contributed by atoms with Gasteiger partial charge in [-0.15, -0.1) is 0 Å². The lowest BCUT2D eigenvalue weighted by atomic mass is 10.1. The fourth-order valence-corrected chi connectivity index (χ4v) is 2.86. The molecule has 0 saturated heterocycles. The van der Waals surface area contributed by atoms with E-state index in [0.717, 1.165) is 41.8 Å². The van der Waals surface area contributed by atoms with Crippen LogP contribution in [0.1, 0.15) is 36.2 Å². The number of hydrogen-bond acceptors (Lipinski definition) is 2. The smallest absolute Gasteiger partial charge is 0.126 e. The molecule has 4 heteroatoms. The fraction of sp³-hybridized carbons (Fsp3) is 0.400. The molecule has 1 aliphatic rings. The first-order chi connectivity index (χ1) is 9.19. The van der Waals surface area contributed by atoms with E-state index in [2.05, 4.69) is 17.3 Å². The van der Waals surface area contributed by atoms with Crippen LogP contribution in [-0.2, 0) is 19.9 Å². The van der Waals surface area contributed by atoms with E-state index >= 15 is 0 Å². The minimum Gasteiger partial charge on any atom is -0.375 e. The van der Waals surface area contributed by atoms with E-state index in [9.17, 15) is 4.39 Å². The molecule has 0 amide bonds. The molecule has 0 saturated carbocycles. The van der Waals surface area contributed by atoms with E-state index in [1.807, 2.05) is 24.0 Å². The maximum Gasteiger partial charge on any atom is 0.126 e. The van der Waals surface area contributed by atoms with Gasteiger partial charge < -0.3 is 5.32 Å². The molecule has 0 fully saturated rings. The molecule has 3 rings (SSSR count). The summed E-state index contributed by atoms with van der Waals surface area (Å²) in [5.41, 5.74) is 4.08. The van der Waals surface area contributed by atoms with Gasteiger partial charge in [0.25, 0.3) is 0 Å². The summed E-state index contributed by atoms with van der Waals surface area (Å²) in [4.78, 5) is 0. The van der Waals surface area contributed by atoms with Crippen molar-refractivity contribution in [3.8, 4) is 0 Å². The monoisotopic (exact) mass is 259 g/mol. The number of rotatable bonds is 3. The minimum atomic E-state index is -0.0799. The molecule has 1 aliphatic carbocycles. The molecule has 2 aromatic rings. The van der Waals surface area contributed by atoms with E-state index in [1.54, 1.807) is 12.1 Å². The second kappa shape index (κ2) is 4.68. The van der Waals surface area contributed by atoms with Crippen molar-refractivity contribution in [3.63, 3.8) is 0 Å². The van der Waals surface area contributed by atoms with Crippen LogP contribution in [0.2, 0.25) is 0 Å². The van der Waals surface area contributed by atoms with E-state index in [1.165, 1.54) is 0 Å². The summed E-state index contributed by atoms with van der Waals surface area (Å²) in [7, 11) is 1.92.